The lowest BCUT2D eigenvalue weighted by Crippen LogP contribution is -2.21. The van der Waals surface area contributed by atoms with E-state index in [1.54, 1.807) is 0 Å². The summed E-state index contributed by atoms with van der Waals surface area (Å²) in [6.07, 6.45) is 3.17. The second kappa shape index (κ2) is 5.17. The van der Waals surface area contributed by atoms with Crippen molar-refractivity contribution < 1.29 is 4.42 Å². The molecular formula is C14H20N4O. The smallest absolute Gasteiger partial charge is 0.149 e. The minimum absolute atomic E-state index is 0.189. The first kappa shape index (κ1) is 12.4. The quantitative estimate of drug-likeness (QED) is 0.895. The molecule has 3 heterocycles. The van der Waals surface area contributed by atoms with Gasteiger partial charge in [-0.15, -0.1) is 10.2 Å². The van der Waals surface area contributed by atoms with Crippen molar-refractivity contribution in [1.29, 1.82) is 0 Å². The number of aromatic nitrogens is 3. The number of fused-ring (bicyclic) bond motifs is 1. The Bertz CT molecular complexity index is 558. The van der Waals surface area contributed by atoms with Crippen LogP contribution in [0.4, 0.5) is 0 Å². The molecule has 0 fully saturated rings. The SMILES string of the molecule is CCc1ccc(CNC(C)c2nnc3n2CCC3)o1. The Hall–Kier alpha value is -1.62. The number of hydrogen-bond donors (Lipinski definition) is 1. The van der Waals surface area contributed by atoms with Crippen molar-refractivity contribution in [2.75, 3.05) is 0 Å². The van der Waals surface area contributed by atoms with Crippen molar-refractivity contribution in [3.63, 3.8) is 0 Å². The lowest BCUT2D eigenvalue weighted by Gasteiger charge is -2.12. The molecule has 1 atom stereocenters. The summed E-state index contributed by atoms with van der Waals surface area (Å²) in [6.45, 7) is 5.99. The molecule has 1 aliphatic rings. The van der Waals surface area contributed by atoms with E-state index in [1.807, 2.05) is 12.1 Å². The zero-order valence-corrected chi connectivity index (χ0v) is 11.5. The van der Waals surface area contributed by atoms with Crippen LogP contribution in [0.15, 0.2) is 16.5 Å². The first-order valence-corrected chi connectivity index (χ1v) is 7.01. The summed E-state index contributed by atoms with van der Waals surface area (Å²) in [5.74, 6) is 4.17. The Morgan fingerprint density at radius 1 is 1.37 bits per heavy atom. The molecule has 0 aliphatic carbocycles. The third-order valence-corrected chi connectivity index (χ3v) is 3.67. The van der Waals surface area contributed by atoms with Gasteiger partial charge in [-0.2, -0.15) is 0 Å². The zero-order valence-electron chi connectivity index (χ0n) is 11.5. The van der Waals surface area contributed by atoms with E-state index in [0.29, 0.717) is 0 Å². The standard InChI is InChI=1S/C14H20N4O/c1-3-11-6-7-12(19-11)9-15-10(2)14-17-16-13-5-4-8-18(13)14/h6-7,10,15H,3-5,8-9H2,1-2H3. The Morgan fingerprint density at radius 2 is 2.21 bits per heavy atom. The molecule has 0 saturated carbocycles. The Morgan fingerprint density at radius 3 is 3.00 bits per heavy atom. The molecule has 2 aromatic heterocycles. The van der Waals surface area contributed by atoms with Gasteiger partial charge in [0.15, 0.2) is 0 Å². The van der Waals surface area contributed by atoms with Gasteiger partial charge in [-0.05, 0) is 25.5 Å². The molecule has 0 aromatic carbocycles. The van der Waals surface area contributed by atoms with E-state index in [9.17, 15) is 0 Å². The average Bonchev–Trinajstić information content (AvgIpc) is 3.11. The molecule has 1 N–H and O–H groups in total. The van der Waals surface area contributed by atoms with Crippen molar-refractivity contribution in [1.82, 2.24) is 20.1 Å². The summed E-state index contributed by atoms with van der Waals surface area (Å²) >= 11 is 0. The van der Waals surface area contributed by atoms with Gasteiger partial charge in [0.05, 0.1) is 12.6 Å². The van der Waals surface area contributed by atoms with Crippen LogP contribution in [0.1, 0.15) is 49.5 Å². The van der Waals surface area contributed by atoms with Crippen molar-refractivity contribution in [3.8, 4) is 0 Å². The normalized spacial score (nSPS) is 15.7. The van der Waals surface area contributed by atoms with Crippen LogP contribution < -0.4 is 5.32 Å². The van der Waals surface area contributed by atoms with Gasteiger partial charge in [-0.1, -0.05) is 6.92 Å². The minimum Gasteiger partial charge on any atom is -0.465 e. The molecule has 0 saturated heterocycles. The second-order valence-electron chi connectivity index (χ2n) is 5.05. The topological polar surface area (TPSA) is 55.9 Å². The number of rotatable bonds is 5. The van der Waals surface area contributed by atoms with E-state index >= 15 is 0 Å². The largest absolute Gasteiger partial charge is 0.465 e. The number of hydrogen-bond acceptors (Lipinski definition) is 4. The summed E-state index contributed by atoms with van der Waals surface area (Å²) in [5, 5.41) is 12.0. The van der Waals surface area contributed by atoms with Gasteiger partial charge in [-0.25, -0.2) is 0 Å². The van der Waals surface area contributed by atoms with Gasteiger partial charge in [0.2, 0.25) is 0 Å². The highest BCUT2D eigenvalue weighted by atomic mass is 16.3. The predicted molar refractivity (Wildman–Crippen MR) is 71.7 cm³/mol. The van der Waals surface area contributed by atoms with Crippen LogP contribution in [0.25, 0.3) is 0 Å². The highest BCUT2D eigenvalue weighted by molar-refractivity contribution is 5.08. The van der Waals surface area contributed by atoms with Gasteiger partial charge < -0.3 is 14.3 Å². The van der Waals surface area contributed by atoms with Gasteiger partial charge >= 0.3 is 0 Å². The van der Waals surface area contributed by atoms with Gasteiger partial charge in [0.25, 0.3) is 0 Å². The molecule has 2 aromatic rings. The molecule has 0 spiro atoms. The molecule has 0 bridgehead atoms. The summed E-state index contributed by atoms with van der Waals surface area (Å²) in [5.41, 5.74) is 0. The molecule has 5 nitrogen and oxygen atoms in total. The van der Waals surface area contributed by atoms with Crippen molar-refractivity contribution in [2.24, 2.45) is 0 Å². The molecule has 5 heteroatoms. The Labute approximate surface area is 113 Å². The van der Waals surface area contributed by atoms with E-state index in [2.05, 4.69) is 33.9 Å². The van der Waals surface area contributed by atoms with Crippen molar-refractivity contribution >= 4 is 0 Å². The molecule has 1 unspecified atom stereocenters. The molecular weight excluding hydrogens is 240 g/mol. The minimum atomic E-state index is 0.189. The van der Waals surface area contributed by atoms with Crippen molar-refractivity contribution in [2.45, 2.75) is 52.2 Å². The van der Waals surface area contributed by atoms with Crippen LogP contribution in [0.2, 0.25) is 0 Å². The fourth-order valence-corrected chi connectivity index (χ4v) is 2.55. The molecule has 19 heavy (non-hydrogen) atoms. The summed E-state index contributed by atoms with van der Waals surface area (Å²) in [7, 11) is 0. The molecule has 0 amide bonds. The first-order chi connectivity index (χ1) is 9.28. The second-order valence-corrected chi connectivity index (χ2v) is 5.05. The third kappa shape index (κ3) is 2.42. The summed E-state index contributed by atoms with van der Waals surface area (Å²) in [4.78, 5) is 0. The predicted octanol–water partition coefficient (Wildman–Crippen LogP) is 2.23. The zero-order chi connectivity index (χ0) is 13.2. The van der Waals surface area contributed by atoms with Crippen LogP contribution in [-0.2, 0) is 25.9 Å². The van der Waals surface area contributed by atoms with Crippen LogP contribution in [0.5, 0.6) is 0 Å². The van der Waals surface area contributed by atoms with Gasteiger partial charge in [-0.3, -0.25) is 0 Å². The Balaban J connectivity index is 1.63. The monoisotopic (exact) mass is 260 g/mol. The molecule has 0 radical (unpaired) electrons. The maximum Gasteiger partial charge on any atom is 0.149 e. The lowest BCUT2D eigenvalue weighted by atomic mass is 10.3. The van der Waals surface area contributed by atoms with E-state index in [-0.39, 0.29) is 6.04 Å². The molecule has 1 aliphatic heterocycles. The van der Waals surface area contributed by atoms with Gasteiger partial charge in [0.1, 0.15) is 23.2 Å². The van der Waals surface area contributed by atoms with Crippen LogP contribution in [-0.4, -0.2) is 14.8 Å². The number of aryl methyl sites for hydroxylation is 2. The maximum absolute atomic E-state index is 5.69. The summed E-state index contributed by atoms with van der Waals surface area (Å²) < 4.78 is 7.92. The highest BCUT2D eigenvalue weighted by Gasteiger charge is 2.21. The van der Waals surface area contributed by atoms with Crippen molar-refractivity contribution in [3.05, 3.63) is 35.3 Å². The number of furan rings is 1. The Kier molecular flexibility index (Phi) is 3.38. The summed E-state index contributed by atoms with van der Waals surface area (Å²) in [6, 6.07) is 4.26. The van der Waals surface area contributed by atoms with Crippen LogP contribution in [0.3, 0.4) is 0 Å². The van der Waals surface area contributed by atoms with E-state index in [0.717, 1.165) is 49.1 Å². The molecule has 102 valence electrons. The third-order valence-electron chi connectivity index (χ3n) is 3.67. The van der Waals surface area contributed by atoms with Gasteiger partial charge in [0, 0.05) is 19.4 Å². The van der Waals surface area contributed by atoms with Crippen LogP contribution >= 0.6 is 0 Å². The average molecular weight is 260 g/mol. The number of nitrogens with zero attached hydrogens (tertiary/aromatic N) is 3. The van der Waals surface area contributed by atoms with E-state index in [4.69, 9.17) is 4.42 Å². The van der Waals surface area contributed by atoms with Crippen LogP contribution in [0, 0.1) is 0 Å². The first-order valence-electron chi connectivity index (χ1n) is 7.01. The fraction of sp³-hybridized carbons (Fsp3) is 0.571. The fourth-order valence-electron chi connectivity index (χ4n) is 2.55. The van der Waals surface area contributed by atoms with E-state index < -0.39 is 0 Å². The maximum atomic E-state index is 5.69. The highest BCUT2D eigenvalue weighted by Crippen LogP contribution is 2.19. The van der Waals surface area contributed by atoms with E-state index in [1.165, 1.54) is 6.42 Å². The molecule has 3 rings (SSSR count). The lowest BCUT2D eigenvalue weighted by molar-refractivity contribution is 0.425. The number of nitrogens with one attached hydrogen (secondary N) is 1.